The number of ether oxygens (including phenoxy) is 3. The first-order valence-corrected chi connectivity index (χ1v) is 14.1. The molecule has 0 saturated carbocycles. The van der Waals surface area contributed by atoms with Gasteiger partial charge in [-0.3, -0.25) is 4.79 Å². The van der Waals surface area contributed by atoms with Gasteiger partial charge >= 0.3 is 0 Å². The van der Waals surface area contributed by atoms with Crippen LogP contribution < -0.4 is 25.0 Å². The number of carbonyl (C=O) groups is 1. The highest BCUT2D eigenvalue weighted by Gasteiger charge is 2.51. The quantitative estimate of drug-likeness (QED) is 0.388. The van der Waals surface area contributed by atoms with Crippen LogP contribution in [0.2, 0.25) is 0 Å². The first-order chi connectivity index (χ1) is 20.5. The lowest BCUT2D eigenvalue weighted by Crippen LogP contribution is -2.62. The number of nitrogens with zero attached hydrogens (tertiary/aromatic N) is 4. The summed E-state index contributed by atoms with van der Waals surface area (Å²) in [6, 6.07) is 14.1. The standard InChI is InChI=1S/C26H23FN4O4.C5H12N2/c1-2-33-25-20(4-3-9-29-25)21-6-8-24(22(13-32)30-21)35-19-11-26(34-14-19)15-31(16-26)23-7-5-18(27)10-17(23)12-28;1-6-5-2-3-7-4-5/h3-10,13,19H,2,11,14-16H2,1H3;5-7H,2-4H2,1H3. The number of aldehydes is 1. The topological polar surface area (TPSA) is 122 Å². The van der Waals surface area contributed by atoms with Crippen molar-refractivity contribution in [2.24, 2.45) is 0 Å². The summed E-state index contributed by atoms with van der Waals surface area (Å²) in [5.41, 5.74) is 2.04. The molecule has 3 aromatic rings. The van der Waals surface area contributed by atoms with Gasteiger partial charge in [-0.05, 0) is 69.4 Å². The monoisotopic (exact) mass is 574 g/mol. The Morgan fingerprint density at radius 3 is 2.86 bits per heavy atom. The molecule has 3 saturated heterocycles. The fourth-order valence-corrected chi connectivity index (χ4v) is 5.51. The van der Waals surface area contributed by atoms with E-state index in [1.54, 1.807) is 30.5 Å². The maximum atomic E-state index is 13.5. The zero-order chi connectivity index (χ0) is 29.5. The summed E-state index contributed by atoms with van der Waals surface area (Å²) < 4.78 is 31.2. The first-order valence-electron chi connectivity index (χ1n) is 14.1. The fourth-order valence-electron chi connectivity index (χ4n) is 5.51. The van der Waals surface area contributed by atoms with Gasteiger partial charge in [-0.2, -0.15) is 5.26 Å². The van der Waals surface area contributed by atoms with Crippen LogP contribution in [0.25, 0.3) is 11.3 Å². The van der Waals surface area contributed by atoms with Gasteiger partial charge in [0.25, 0.3) is 0 Å². The molecule has 2 N–H and O–H groups in total. The third kappa shape index (κ3) is 6.51. The number of pyridine rings is 2. The molecule has 3 aliphatic heterocycles. The molecule has 220 valence electrons. The van der Waals surface area contributed by atoms with Crippen molar-refractivity contribution in [3.63, 3.8) is 0 Å². The van der Waals surface area contributed by atoms with Crippen LogP contribution >= 0.6 is 0 Å². The van der Waals surface area contributed by atoms with E-state index in [0.717, 1.165) is 12.6 Å². The number of nitriles is 1. The van der Waals surface area contributed by atoms with Crippen LogP contribution in [0.15, 0.2) is 48.7 Å². The van der Waals surface area contributed by atoms with Crippen molar-refractivity contribution in [1.82, 2.24) is 20.6 Å². The molecule has 0 bridgehead atoms. The van der Waals surface area contributed by atoms with E-state index in [1.807, 2.05) is 31.0 Å². The third-order valence-electron chi connectivity index (χ3n) is 7.64. The summed E-state index contributed by atoms with van der Waals surface area (Å²) >= 11 is 0. The Bertz CT molecular complexity index is 1440. The Kier molecular flexibility index (Phi) is 9.27. The minimum absolute atomic E-state index is 0.190. The van der Waals surface area contributed by atoms with Crippen molar-refractivity contribution < 1.29 is 23.4 Å². The molecule has 2 unspecified atom stereocenters. The van der Waals surface area contributed by atoms with Crippen LogP contribution in [0.4, 0.5) is 10.1 Å². The summed E-state index contributed by atoms with van der Waals surface area (Å²) in [6.07, 6.45) is 3.98. The smallest absolute Gasteiger partial charge is 0.222 e. The van der Waals surface area contributed by atoms with Crippen LogP contribution in [0.5, 0.6) is 11.6 Å². The average molecular weight is 575 g/mol. The molecule has 1 aromatic carbocycles. The van der Waals surface area contributed by atoms with Crippen molar-refractivity contribution in [2.45, 2.75) is 37.5 Å². The number of benzene rings is 1. The predicted molar refractivity (Wildman–Crippen MR) is 155 cm³/mol. The lowest BCUT2D eigenvalue weighted by molar-refractivity contribution is -0.0195. The summed E-state index contributed by atoms with van der Waals surface area (Å²) in [5, 5.41) is 15.8. The molecule has 6 rings (SSSR count). The Morgan fingerprint density at radius 1 is 1.31 bits per heavy atom. The number of aromatic nitrogens is 2. The van der Waals surface area contributed by atoms with Crippen molar-refractivity contribution in [3.05, 3.63) is 65.7 Å². The van der Waals surface area contributed by atoms with Crippen LogP contribution in [0, 0.1) is 17.1 Å². The van der Waals surface area contributed by atoms with Gasteiger partial charge in [-0.15, -0.1) is 0 Å². The van der Waals surface area contributed by atoms with Gasteiger partial charge in [-0.25, -0.2) is 14.4 Å². The fraction of sp³-hybridized carbons (Fsp3) is 0.419. The van der Waals surface area contributed by atoms with Gasteiger partial charge < -0.3 is 29.7 Å². The zero-order valence-corrected chi connectivity index (χ0v) is 23.8. The van der Waals surface area contributed by atoms with Crippen LogP contribution in [0.1, 0.15) is 35.8 Å². The summed E-state index contributed by atoms with van der Waals surface area (Å²) in [4.78, 5) is 22.5. The van der Waals surface area contributed by atoms with Gasteiger partial charge in [-0.1, -0.05) is 0 Å². The number of hydrogen-bond donors (Lipinski definition) is 2. The number of carbonyl (C=O) groups excluding carboxylic acids is 1. The van der Waals surface area contributed by atoms with Crippen LogP contribution in [0.3, 0.4) is 0 Å². The van der Waals surface area contributed by atoms with Crippen molar-refractivity contribution in [3.8, 4) is 29.0 Å². The van der Waals surface area contributed by atoms with Crippen molar-refractivity contribution in [1.29, 1.82) is 5.26 Å². The molecule has 11 heteroatoms. The third-order valence-corrected chi connectivity index (χ3v) is 7.64. The highest BCUT2D eigenvalue weighted by molar-refractivity contribution is 5.79. The van der Waals surface area contributed by atoms with Gasteiger partial charge in [0.05, 0.1) is 35.7 Å². The molecule has 0 radical (unpaired) electrons. The number of anilines is 1. The highest BCUT2D eigenvalue weighted by Crippen LogP contribution is 2.40. The molecular formula is C31H35FN6O4. The largest absolute Gasteiger partial charge is 0.486 e. The molecule has 0 aliphatic carbocycles. The van der Waals surface area contributed by atoms with Gasteiger partial charge in [0.15, 0.2) is 6.29 Å². The summed E-state index contributed by atoms with van der Waals surface area (Å²) in [6.45, 7) is 6.20. The van der Waals surface area contributed by atoms with Crippen molar-refractivity contribution in [2.75, 3.05) is 51.3 Å². The number of nitrogens with one attached hydrogen (secondary N) is 2. The molecule has 1 spiro atoms. The average Bonchev–Trinajstić information content (AvgIpc) is 3.68. The number of hydrogen-bond acceptors (Lipinski definition) is 10. The van der Waals surface area contributed by atoms with E-state index < -0.39 is 11.4 Å². The first kappa shape index (κ1) is 29.4. The lowest BCUT2D eigenvalue weighted by Gasteiger charge is -2.48. The predicted octanol–water partition coefficient (Wildman–Crippen LogP) is 3.36. The second-order valence-corrected chi connectivity index (χ2v) is 10.5. The second kappa shape index (κ2) is 13.2. The molecule has 5 heterocycles. The van der Waals surface area contributed by atoms with E-state index in [1.165, 1.54) is 25.1 Å². The molecule has 42 heavy (non-hydrogen) atoms. The van der Waals surface area contributed by atoms with Gasteiger partial charge in [0.1, 0.15) is 35.0 Å². The SMILES string of the molecule is CCOc1ncccc1-c1ccc(OC2COC3(C2)CN(c2ccc(F)cc2C#N)C3)c(C=O)n1.CNC1CCNC1. The van der Waals surface area contributed by atoms with E-state index in [9.17, 15) is 14.4 Å². The molecular weight excluding hydrogens is 539 g/mol. The normalized spacial score (nSPS) is 20.3. The van der Waals surface area contributed by atoms with Crippen LogP contribution in [-0.2, 0) is 4.74 Å². The molecule has 10 nitrogen and oxygen atoms in total. The lowest BCUT2D eigenvalue weighted by atomic mass is 9.89. The molecule has 3 aliphatic rings. The van der Waals surface area contributed by atoms with E-state index in [2.05, 4.69) is 20.6 Å². The molecule has 2 atom stereocenters. The maximum Gasteiger partial charge on any atom is 0.222 e. The van der Waals surface area contributed by atoms with Gasteiger partial charge in [0.2, 0.25) is 5.88 Å². The number of rotatable bonds is 8. The summed E-state index contributed by atoms with van der Waals surface area (Å²) in [5.74, 6) is 0.404. The van der Waals surface area contributed by atoms with E-state index in [0.29, 0.717) is 73.1 Å². The maximum absolute atomic E-state index is 13.5. The minimum Gasteiger partial charge on any atom is -0.486 e. The summed E-state index contributed by atoms with van der Waals surface area (Å²) in [7, 11) is 2.01. The number of likely N-dealkylation sites (N-methyl/N-ethyl adjacent to an activating group) is 1. The Hall–Kier alpha value is -4.11. The Balaban J connectivity index is 0.000000442. The van der Waals surface area contributed by atoms with E-state index >= 15 is 0 Å². The number of halogens is 1. The van der Waals surface area contributed by atoms with Crippen molar-refractivity contribution >= 4 is 12.0 Å². The molecule has 3 fully saturated rings. The highest BCUT2D eigenvalue weighted by atomic mass is 19.1. The second-order valence-electron chi connectivity index (χ2n) is 10.5. The van der Waals surface area contributed by atoms with E-state index in [-0.39, 0.29) is 11.8 Å². The zero-order valence-electron chi connectivity index (χ0n) is 23.8. The van der Waals surface area contributed by atoms with Crippen LogP contribution in [-0.4, -0.2) is 80.4 Å². The minimum atomic E-state index is -0.436. The molecule has 2 aromatic heterocycles. The van der Waals surface area contributed by atoms with Gasteiger partial charge in [0, 0.05) is 38.3 Å². The Morgan fingerprint density at radius 2 is 2.17 bits per heavy atom. The Labute approximate surface area is 244 Å². The molecule has 0 amide bonds. The van der Waals surface area contributed by atoms with E-state index in [4.69, 9.17) is 14.2 Å².